The summed E-state index contributed by atoms with van der Waals surface area (Å²) in [7, 11) is 0. The van der Waals surface area contributed by atoms with Gasteiger partial charge in [-0.15, -0.1) is 0 Å². The van der Waals surface area contributed by atoms with Gasteiger partial charge in [0.05, 0.1) is 5.56 Å². The molecule has 5 heteroatoms. The van der Waals surface area contributed by atoms with E-state index >= 15 is 0 Å². The molecule has 16 heavy (non-hydrogen) atoms. The van der Waals surface area contributed by atoms with Crippen LogP contribution in [0, 0.1) is 5.82 Å². The lowest BCUT2D eigenvalue weighted by atomic mass is 10.2. The third kappa shape index (κ3) is 3.56. The normalized spacial score (nSPS) is 12.2. The fourth-order valence-electron chi connectivity index (χ4n) is 1.18. The third-order valence-corrected chi connectivity index (χ3v) is 3.66. The highest BCUT2D eigenvalue weighted by atomic mass is 79.9. The number of rotatable bonds is 4. The Bertz CT molecular complexity index is 380. The van der Waals surface area contributed by atoms with Gasteiger partial charge in [0, 0.05) is 15.8 Å². The molecule has 1 rings (SSSR count). The molecular formula is C11H12Br2FNO. The van der Waals surface area contributed by atoms with Gasteiger partial charge < -0.3 is 5.32 Å². The van der Waals surface area contributed by atoms with Crippen LogP contribution < -0.4 is 5.32 Å². The lowest BCUT2D eigenvalue weighted by Gasteiger charge is -2.14. The highest BCUT2D eigenvalue weighted by Gasteiger charge is 2.14. The van der Waals surface area contributed by atoms with Crippen molar-refractivity contribution in [1.82, 2.24) is 5.32 Å². The molecule has 0 aliphatic carbocycles. The first-order chi connectivity index (χ1) is 7.58. The monoisotopic (exact) mass is 351 g/mol. The second-order valence-electron chi connectivity index (χ2n) is 3.36. The van der Waals surface area contributed by atoms with Crippen LogP contribution in [0.3, 0.4) is 0 Å². The van der Waals surface area contributed by atoms with Crippen LogP contribution in [0.25, 0.3) is 0 Å². The van der Waals surface area contributed by atoms with Crippen molar-refractivity contribution in [3.8, 4) is 0 Å². The Kier molecular flexibility index (Phi) is 5.41. The van der Waals surface area contributed by atoms with Gasteiger partial charge in [-0.1, -0.05) is 22.9 Å². The molecule has 0 saturated carbocycles. The number of hydrogen-bond donors (Lipinski definition) is 1. The zero-order valence-corrected chi connectivity index (χ0v) is 11.9. The first-order valence-electron chi connectivity index (χ1n) is 4.90. The van der Waals surface area contributed by atoms with Crippen LogP contribution in [0.15, 0.2) is 22.7 Å². The summed E-state index contributed by atoms with van der Waals surface area (Å²) < 4.78 is 13.6. The minimum absolute atomic E-state index is 0.0580. The van der Waals surface area contributed by atoms with E-state index < -0.39 is 5.82 Å². The van der Waals surface area contributed by atoms with Gasteiger partial charge in [0.25, 0.3) is 5.91 Å². The summed E-state index contributed by atoms with van der Waals surface area (Å²) in [5.41, 5.74) is 0.319. The van der Waals surface area contributed by atoms with E-state index in [4.69, 9.17) is 0 Å². The Hall–Kier alpha value is -0.420. The van der Waals surface area contributed by atoms with Crippen molar-refractivity contribution in [3.63, 3.8) is 0 Å². The number of hydrogen-bond acceptors (Lipinski definition) is 1. The first-order valence-corrected chi connectivity index (χ1v) is 6.81. The molecule has 1 atom stereocenters. The highest BCUT2D eigenvalue weighted by Crippen LogP contribution is 2.18. The predicted molar refractivity (Wildman–Crippen MR) is 69.4 cm³/mol. The molecule has 0 bridgehead atoms. The Labute approximate surface area is 111 Å². The molecule has 0 fully saturated rings. The zero-order valence-electron chi connectivity index (χ0n) is 8.77. The molecule has 1 unspecified atom stereocenters. The minimum Gasteiger partial charge on any atom is -0.348 e. The second kappa shape index (κ2) is 6.35. The summed E-state index contributed by atoms with van der Waals surface area (Å²) in [6.45, 7) is 1.98. The Morgan fingerprint density at radius 3 is 2.81 bits per heavy atom. The van der Waals surface area contributed by atoms with Gasteiger partial charge in [-0.3, -0.25) is 4.79 Å². The number of benzene rings is 1. The van der Waals surface area contributed by atoms with E-state index in [0.29, 0.717) is 15.4 Å². The van der Waals surface area contributed by atoms with Crippen molar-refractivity contribution in [2.75, 3.05) is 5.33 Å². The fourth-order valence-corrected chi connectivity index (χ4v) is 2.23. The van der Waals surface area contributed by atoms with Gasteiger partial charge in [-0.25, -0.2) is 4.39 Å². The molecule has 1 amide bonds. The van der Waals surface area contributed by atoms with Crippen molar-refractivity contribution < 1.29 is 9.18 Å². The van der Waals surface area contributed by atoms with Gasteiger partial charge in [0.2, 0.25) is 0 Å². The molecular weight excluding hydrogens is 341 g/mol. The lowest BCUT2D eigenvalue weighted by Crippen LogP contribution is -2.35. The van der Waals surface area contributed by atoms with Crippen LogP contribution >= 0.6 is 31.9 Å². The number of amides is 1. The lowest BCUT2D eigenvalue weighted by molar-refractivity contribution is 0.0939. The number of nitrogens with one attached hydrogen (secondary N) is 1. The average molecular weight is 353 g/mol. The molecule has 1 aromatic carbocycles. The highest BCUT2D eigenvalue weighted by molar-refractivity contribution is 9.10. The average Bonchev–Trinajstić information content (AvgIpc) is 2.28. The summed E-state index contributed by atoms with van der Waals surface area (Å²) in [5, 5.41) is 3.50. The van der Waals surface area contributed by atoms with E-state index in [2.05, 4.69) is 37.2 Å². The van der Waals surface area contributed by atoms with Crippen molar-refractivity contribution in [3.05, 3.63) is 34.1 Å². The molecule has 0 radical (unpaired) electrons. The molecule has 0 aliphatic rings. The minimum atomic E-state index is -0.416. The van der Waals surface area contributed by atoms with Gasteiger partial charge >= 0.3 is 0 Å². The maximum Gasteiger partial charge on any atom is 0.252 e. The molecule has 1 N–H and O–H groups in total. The largest absolute Gasteiger partial charge is 0.348 e. The molecule has 0 heterocycles. The standard InChI is InChI=1S/C11H12Br2FNO/c1-2-8(6-12)15-11(16)9-5-7(14)3-4-10(9)13/h3-5,8H,2,6H2,1H3,(H,15,16). The van der Waals surface area contributed by atoms with E-state index in [1.165, 1.54) is 18.2 Å². The van der Waals surface area contributed by atoms with Gasteiger partial charge in [-0.05, 0) is 40.5 Å². The summed E-state index contributed by atoms with van der Waals surface area (Å²) in [4.78, 5) is 11.8. The maximum atomic E-state index is 13.0. The molecule has 0 saturated heterocycles. The molecule has 0 aliphatic heterocycles. The van der Waals surface area contributed by atoms with Crippen LogP contribution in [0.5, 0.6) is 0 Å². The Balaban J connectivity index is 2.83. The van der Waals surface area contributed by atoms with Gasteiger partial charge in [0.1, 0.15) is 5.82 Å². The quantitative estimate of drug-likeness (QED) is 0.825. The first kappa shape index (κ1) is 13.6. The van der Waals surface area contributed by atoms with Gasteiger partial charge in [0.15, 0.2) is 0 Å². The molecule has 0 aromatic heterocycles. The van der Waals surface area contributed by atoms with E-state index in [-0.39, 0.29) is 11.9 Å². The van der Waals surface area contributed by atoms with Crippen molar-refractivity contribution in [2.45, 2.75) is 19.4 Å². The fraction of sp³-hybridized carbons (Fsp3) is 0.364. The van der Waals surface area contributed by atoms with E-state index in [0.717, 1.165) is 6.42 Å². The van der Waals surface area contributed by atoms with Crippen molar-refractivity contribution in [2.24, 2.45) is 0 Å². The smallest absolute Gasteiger partial charge is 0.252 e. The van der Waals surface area contributed by atoms with Crippen molar-refractivity contribution >= 4 is 37.8 Å². The van der Waals surface area contributed by atoms with E-state index in [1.807, 2.05) is 6.92 Å². The Morgan fingerprint density at radius 1 is 1.56 bits per heavy atom. The third-order valence-electron chi connectivity index (χ3n) is 2.19. The molecule has 0 spiro atoms. The number of halogens is 3. The van der Waals surface area contributed by atoms with Crippen LogP contribution in [0.2, 0.25) is 0 Å². The summed E-state index contributed by atoms with van der Waals surface area (Å²) in [5.74, 6) is -0.682. The maximum absolute atomic E-state index is 13.0. The SMILES string of the molecule is CCC(CBr)NC(=O)c1cc(F)ccc1Br. The summed E-state index contributed by atoms with van der Waals surface area (Å²) in [6, 6.07) is 4.12. The number of carbonyl (C=O) groups is 1. The molecule has 88 valence electrons. The van der Waals surface area contributed by atoms with Crippen LogP contribution in [-0.2, 0) is 0 Å². The molecule has 1 aromatic rings. The van der Waals surface area contributed by atoms with E-state index in [1.54, 1.807) is 0 Å². The Morgan fingerprint density at radius 2 is 2.25 bits per heavy atom. The van der Waals surface area contributed by atoms with Crippen LogP contribution in [0.4, 0.5) is 4.39 Å². The second-order valence-corrected chi connectivity index (χ2v) is 4.86. The topological polar surface area (TPSA) is 29.1 Å². The number of alkyl halides is 1. The molecule has 2 nitrogen and oxygen atoms in total. The van der Waals surface area contributed by atoms with Gasteiger partial charge in [-0.2, -0.15) is 0 Å². The number of carbonyl (C=O) groups excluding carboxylic acids is 1. The summed E-state index contributed by atoms with van der Waals surface area (Å²) >= 11 is 6.54. The van der Waals surface area contributed by atoms with Crippen molar-refractivity contribution in [1.29, 1.82) is 0 Å². The predicted octanol–water partition coefficient (Wildman–Crippen LogP) is 3.49. The van der Waals surface area contributed by atoms with E-state index in [9.17, 15) is 9.18 Å². The van der Waals surface area contributed by atoms with Crippen LogP contribution in [0.1, 0.15) is 23.7 Å². The van der Waals surface area contributed by atoms with Crippen LogP contribution in [-0.4, -0.2) is 17.3 Å². The zero-order chi connectivity index (χ0) is 12.1. The summed E-state index contributed by atoms with van der Waals surface area (Å²) in [6.07, 6.45) is 0.823.